The van der Waals surface area contributed by atoms with E-state index in [0.29, 0.717) is 6.04 Å². The summed E-state index contributed by atoms with van der Waals surface area (Å²) in [6, 6.07) is 0.514. The van der Waals surface area contributed by atoms with Crippen LogP contribution in [0.2, 0.25) is 0 Å². The minimum atomic E-state index is 0.114. The van der Waals surface area contributed by atoms with Crippen molar-refractivity contribution in [2.75, 3.05) is 13.1 Å². The van der Waals surface area contributed by atoms with E-state index in [1.807, 2.05) is 25.7 Å². The van der Waals surface area contributed by atoms with Gasteiger partial charge in [-0.2, -0.15) is 0 Å². The highest BCUT2D eigenvalue weighted by molar-refractivity contribution is 7.09. The number of hydrogen-bond acceptors (Lipinski definition) is 4. The Hall–Kier alpha value is -0.940. The first kappa shape index (κ1) is 14.5. The fraction of sp³-hybridized carbons (Fsp3) is 0.714. The molecule has 1 amide bonds. The Morgan fingerprint density at radius 2 is 2.21 bits per heavy atom. The molecule has 0 bridgehead atoms. The molecule has 4 nitrogen and oxygen atoms in total. The third kappa shape index (κ3) is 4.01. The van der Waals surface area contributed by atoms with Crippen LogP contribution < -0.4 is 5.32 Å². The Morgan fingerprint density at radius 1 is 1.53 bits per heavy atom. The molecule has 0 radical (unpaired) electrons. The normalized spacial score (nSPS) is 17.2. The van der Waals surface area contributed by atoms with Gasteiger partial charge < -0.3 is 10.2 Å². The van der Waals surface area contributed by atoms with Crippen LogP contribution in [0.25, 0.3) is 0 Å². The molecule has 2 heterocycles. The van der Waals surface area contributed by atoms with Gasteiger partial charge in [0.05, 0.1) is 0 Å². The Morgan fingerprint density at radius 3 is 2.74 bits per heavy atom. The number of piperidine rings is 1. The molecule has 1 aromatic heterocycles. The number of nitrogens with one attached hydrogen (secondary N) is 1. The van der Waals surface area contributed by atoms with E-state index < -0.39 is 0 Å². The third-order valence-corrected chi connectivity index (χ3v) is 4.48. The third-order valence-electron chi connectivity index (χ3n) is 3.51. The second-order valence-electron chi connectivity index (χ2n) is 5.52. The summed E-state index contributed by atoms with van der Waals surface area (Å²) in [5.41, 5.74) is 1.10. The molecular weight excluding hydrogens is 258 g/mol. The number of hydrogen-bond donors (Lipinski definition) is 1. The van der Waals surface area contributed by atoms with Gasteiger partial charge in [0.2, 0.25) is 5.91 Å². The van der Waals surface area contributed by atoms with Crippen molar-refractivity contribution in [2.24, 2.45) is 5.92 Å². The molecule has 0 spiro atoms. The molecule has 106 valence electrons. The molecule has 0 aromatic carbocycles. The van der Waals surface area contributed by atoms with Crippen molar-refractivity contribution in [3.05, 3.63) is 16.1 Å². The smallest absolute Gasteiger partial charge is 0.225 e. The zero-order valence-electron chi connectivity index (χ0n) is 12.0. The lowest BCUT2D eigenvalue weighted by Crippen LogP contribution is -2.45. The van der Waals surface area contributed by atoms with Crippen molar-refractivity contribution in [1.82, 2.24) is 15.2 Å². The van der Waals surface area contributed by atoms with Crippen LogP contribution in [0.15, 0.2) is 5.38 Å². The highest BCUT2D eigenvalue weighted by Crippen LogP contribution is 2.15. The van der Waals surface area contributed by atoms with E-state index in [1.54, 1.807) is 11.3 Å². The van der Waals surface area contributed by atoms with Crippen LogP contribution in [0.5, 0.6) is 0 Å². The van der Waals surface area contributed by atoms with Gasteiger partial charge in [-0.25, -0.2) is 4.98 Å². The molecule has 1 aromatic rings. The minimum Gasteiger partial charge on any atom is -0.342 e. The van der Waals surface area contributed by atoms with Crippen LogP contribution in [0.3, 0.4) is 0 Å². The number of aromatic nitrogens is 1. The van der Waals surface area contributed by atoms with E-state index in [4.69, 9.17) is 0 Å². The van der Waals surface area contributed by atoms with Gasteiger partial charge in [-0.3, -0.25) is 4.79 Å². The van der Waals surface area contributed by atoms with Crippen LogP contribution in [-0.2, 0) is 11.3 Å². The van der Waals surface area contributed by atoms with Crippen molar-refractivity contribution in [3.8, 4) is 0 Å². The summed E-state index contributed by atoms with van der Waals surface area (Å²) in [5.74, 6) is 0.400. The first-order chi connectivity index (χ1) is 9.06. The van der Waals surface area contributed by atoms with Gasteiger partial charge in [-0.15, -0.1) is 11.3 Å². The Labute approximate surface area is 119 Å². The molecule has 2 rings (SSSR count). The van der Waals surface area contributed by atoms with Gasteiger partial charge in [-0.05, 0) is 19.8 Å². The average Bonchev–Trinajstić information content (AvgIpc) is 2.82. The van der Waals surface area contributed by atoms with Gasteiger partial charge in [0.15, 0.2) is 0 Å². The molecule has 5 heteroatoms. The summed E-state index contributed by atoms with van der Waals surface area (Å²) in [6.07, 6.45) is 2.09. The molecule has 1 fully saturated rings. The zero-order chi connectivity index (χ0) is 13.8. The molecular formula is C14H23N3OS. The Bertz CT molecular complexity index is 422. The number of carbonyl (C=O) groups is 1. The van der Waals surface area contributed by atoms with Gasteiger partial charge in [0.1, 0.15) is 5.01 Å². The molecule has 0 atom stereocenters. The monoisotopic (exact) mass is 281 g/mol. The van der Waals surface area contributed by atoms with Crippen molar-refractivity contribution in [3.63, 3.8) is 0 Å². The van der Waals surface area contributed by atoms with E-state index in [-0.39, 0.29) is 11.8 Å². The molecule has 1 N–H and O–H groups in total. The maximum absolute atomic E-state index is 11.9. The first-order valence-electron chi connectivity index (χ1n) is 6.99. The molecule has 19 heavy (non-hydrogen) atoms. The maximum atomic E-state index is 11.9. The highest BCUT2D eigenvalue weighted by Gasteiger charge is 2.23. The van der Waals surface area contributed by atoms with E-state index in [0.717, 1.165) is 43.2 Å². The predicted molar refractivity (Wildman–Crippen MR) is 78.1 cm³/mol. The second-order valence-corrected chi connectivity index (χ2v) is 6.46. The van der Waals surface area contributed by atoms with E-state index >= 15 is 0 Å². The number of likely N-dealkylation sites (tertiary alicyclic amines) is 1. The van der Waals surface area contributed by atoms with Crippen molar-refractivity contribution in [2.45, 2.75) is 46.2 Å². The molecule has 1 aliphatic heterocycles. The summed E-state index contributed by atoms with van der Waals surface area (Å²) >= 11 is 1.71. The highest BCUT2D eigenvalue weighted by atomic mass is 32.1. The molecule has 0 aliphatic carbocycles. The van der Waals surface area contributed by atoms with E-state index in [9.17, 15) is 4.79 Å². The van der Waals surface area contributed by atoms with Crippen molar-refractivity contribution in [1.29, 1.82) is 0 Å². The van der Waals surface area contributed by atoms with Gasteiger partial charge in [0, 0.05) is 42.7 Å². The lowest BCUT2D eigenvalue weighted by Gasteiger charge is -2.33. The second kappa shape index (κ2) is 6.48. The quantitative estimate of drug-likeness (QED) is 0.920. The zero-order valence-corrected chi connectivity index (χ0v) is 12.8. The first-order valence-corrected chi connectivity index (χ1v) is 7.87. The summed E-state index contributed by atoms with van der Waals surface area (Å²) < 4.78 is 0. The van der Waals surface area contributed by atoms with Crippen molar-refractivity contribution >= 4 is 17.2 Å². The fourth-order valence-corrected chi connectivity index (χ4v) is 3.11. The average molecular weight is 281 g/mol. The maximum Gasteiger partial charge on any atom is 0.225 e. The van der Waals surface area contributed by atoms with Crippen LogP contribution >= 0.6 is 11.3 Å². The topological polar surface area (TPSA) is 45.2 Å². The number of amides is 1. The summed E-state index contributed by atoms with van der Waals surface area (Å²) in [4.78, 5) is 18.3. The lowest BCUT2D eigenvalue weighted by atomic mass is 10.0. The molecule has 1 saturated heterocycles. The number of thiazole rings is 1. The molecule has 0 saturated carbocycles. The Balaban J connectivity index is 1.73. The standard InChI is InChI=1S/C14H23N3OS/c1-10(2)14(18)17-6-4-12(5-7-17)15-8-13-16-11(3)9-19-13/h9-10,12,15H,4-8H2,1-3H3. The molecule has 0 unspecified atom stereocenters. The van der Waals surface area contributed by atoms with Crippen LogP contribution in [0, 0.1) is 12.8 Å². The summed E-state index contributed by atoms with van der Waals surface area (Å²) in [5, 5.41) is 6.79. The SMILES string of the molecule is Cc1csc(CNC2CCN(C(=O)C(C)C)CC2)n1. The fourth-order valence-electron chi connectivity index (χ4n) is 2.38. The van der Waals surface area contributed by atoms with Crippen molar-refractivity contribution < 1.29 is 4.79 Å². The predicted octanol–water partition coefficient (Wildman–Crippen LogP) is 2.19. The van der Waals surface area contributed by atoms with Crippen LogP contribution in [0.1, 0.15) is 37.4 Å². The Kier molecular flexibility index (Phi) is 4.93. The van der Waals surface area contributed by atoms with E-state index in [1.165, 1.54) is 0 Å². The number of aryl methyl sites for hydroxylation is 1. The minimum absolute atomic E-state index is 0.114. The van der Waals surface area contributed by atoms with Gasteiger partial charge >= 0.3 is 0 Å². The lowest BCUT2D eigenvalue weighted by molar-refractivity contribution is -0.135. The number of rotatable bonds is 4. The van der Waals surface area contributed by atoms with E-state index in [2.05, 4.69) is 15.7 Å². The van der Waals surface area contributed by atoms with Gasteiger partial charge in [-0.1, -0.05) is 13.8 Å². The number of carbonyl (C=O) groups excluding carboxylic acids is 1. The molecule has 1 aliphatic rings. The largest absolute Gasteiger partial charge is 0.342 e. The number of nitrogens with zero attached hydrogens (tertiary/aromatic N) is 2. The summed E-state index contributed by atoms with van der Waals surface area (Å²) in [7, 11) is 0. The van der Waals surface area contributed by atoms with Crippen LogP contribution in [0.4, 0.5) is 0 Å². The summed E-state index contributed by atoms with van der Waals surface area (Å²) in [6.45, 7) is 8.57. The van der Waals surface area contributed by atoms with Gasteiger partial charge in [0.25, 0.3) is 0 Å². The van der Waals surface area contributed by atoms with Crippen LogP contribution in [-0.4, -0.2) is 34.9 Å².